The number of thiophene rings is 1. The van der Waals surface area contributed by atoms with E-state index in [4.69, 9.17) is 0 Å². The molecule has 0 bridgehead atoms. The largest absolute Gasteiger partial charge is 0.351 e. The molecule has 0 radical (unpaired) electrons. The Hall–Kier alpha value is -2.39. The molecule has 3 rings (SSSR count). The van der Waals surface area contributed by atoms with E-state index in [0.717, 1.165) is 16.0 Å². The third kappa shape index (κ3) is 3.69. The highest BCUT2D eigenvalue weighted by atomic mass is 32.1. The Morgan fingerprint density at radius 1 is 1.00 bits per heavy atom. The van der Waals surface area contributed by atoms with Gasteiger partial charge in [0, 0.05) is 12.1 Å². The molecule has 0 aliphatic rings. The lowest BCUT2D eigenvalue weighted by atomic mass is 10.0. The molecule has 1 aromatic heterocycles. The lowest BCUT2D eigenvalue weighted by Gasteiger charge is -2.13. The Bertz CT molecular complexity index is 765. The Labute approximate surface area is 140 Å². The molecule has 0 fully saturated rings. The molecular weight excluding hydrogens is 302 g/mol. The van der Waals surface area contributed by atoms with E-state index < -0.39 is 0 Å². The number of hydrogen-bond acceptors (Lipinski definition) is 2. The fraction of sp³-hybridized carbons (Fsp3) is 0.150. The average molecular weight is 321 g/mol. The highest BCUT2D eigenvalue weighted by Crippen LogP contribution is 2.28. The Morgan fingerprint density at radius 2 is 1.65 bits per heavy atom. The van der Waals surface area contributed by atoms with Crippen molar-refractivity contribution in [2.75, 3.05) is 6.54 Å². The van der Waals surface area contributed by atoms with Crippen molar-refractivity contribution in [2.24, 2.45) is 0 Å². The lowest BCUT2D eigenvalue weighted by molar-refractivity contribution is 0.0956. The summed E-state index contributed by atoms with van der Waals surface area (Å²) in [5.41, 5.74) is 3.32. The van der Waals surface area contributed by atoms with Gasteiger partial charge in [-0.15, -0.1) is 11.3 Å². The zero-order valence-corrected chi connectivity index (χ0v) is 13.8. The number of hydrogen-bond donors (Lipinski definition) is 1. The van der Waals surface area contributed by atoms with Gasteiger partial charge in [0.25, 0.3) is 5.91 Å². The maximum atomic E-state index is 12.5. The van der Waals surface area contributed by atoms with Gasteiger partial charge in [-0.2, -0.15) is 0 Å². The maximum Gasteiger partial charge on any atom is 0.262 e. The summed E-state index contributed by atoms with van der Waals surface area (Å²) in [5, 5.41) is 5.04. The molecule has 1 atom stereocenters. The average Bonchev–Trinajstić information content (AvgIpc) is 3.11. The van der Waals surface area contributed by atoms with Gasteiger partial charge in [0.05, 0.1) is 4.88 Å². The normalized spacial score (nSPS) is 11.9. The van der Waals surface area contributed by atoms with Gasteiger partial charge in [-0.25, -0.2) is 0 Å². The molecule has 0 aliphatic carbocycles. The van der Waals surface area contributed by atoms with Crippen LogP contribution in [0, 0.1) is 0 Å². The van der Waals surface area contributed by atoms with Gasteiger partial charge in [0.15, 0.2) is 0 Å². The summed E-state index contributed by atoms with van der Waals surface area (Å²) < 4.78 is 0. The molecule has 2 aromatic carbocycles. The van der Waals surface area contributed by atoms with Crippen molar-refractivity contribution in [3.8, 4) is 11.1 Å². The number of carbonyl (C=O) groups is 1. The van der Waals surface area contributed by atoms with Crippen LogP contribution in [-0.2, 0) is 0 Å². The molecule has 0 saturated carbocycles. The molecule has 2 nitrogen and oxygen atoms in total. The quantitative estimate of drug-likeness (QED) is 0.708. The number of rotatable bonds is 5. The highest BCUT2D eigenvalue weighted by molar-refractivity contribution is 7.12. The second-order valence-corrected chi connectivity index (χ2v) is 6.47. The van der Waals surface area contributed by atoms with Crippen molar-refractivity contribution >= 4 is 17.2 Å². The van der Waals surface area contributed by atoms with Gasteiger partial charge in [-0.1, -0.05) is 67.6 Å². The van der Waals surface area contributed by atoms with Gasteiger partial charge >= 0.3 is 0 Å². The van der Waals surface area contributed by atoms with Crippen LogP contribution in [0.4, 0.5) is 0 Å². The van der Waals surface area contributed by atoms with Crippen LogP contribution in [0.25, 0.3) is 11.1 Å². The van der Waals surface area contributed by atoms with Crippen LogP contribution < -0.4 is 5.32 Å². The van der Waals surface area contributed by atoms with Crippen LogP contribution in [0.2, 0.25) is 0 Å². The summed E-state index contributed by atoms with van der Waals surface area (Å²) in [7, 11) is 0. The van der Waals surface area contributed by atoms with E-state index in [2.05, 4.69) is 24.4 Å². The molecule has 3 aromatic rings. The molecule has 1 N–H and O–H groups in total. The smallest absolute Gasteiger partial charge is 0.262 e. The zero-order chi connectivity index (χ0) is 16.1. The number of nitrogens with one attached hydrogen (secondary N) is 1. The molecule has 1 heterocycles. The van der Waals surface area contributed by atoms with Gasteiger partial charge in [0.1, 0.15) is 0 Å². The van der Waals surface area contributed by atoms with Crippen molar-refractivity contribution in [1.82, 2.24) is 5.32 Å². The van der Waals surface area contributed by atoms with Gasteiger partial charge in [-0.05, 0) is 28.5 Å². The first-order chi connectivity index (χ1) is 11.3. The minimum Gasteiger partial charge on any atom is -0.351 e. The van der Waals surface area contributed by atoms with E-state index >= 15 is 0 Å². The molecule has 0 aliphatic heterocycles. The zero-order valence-electron chi connectivity index (χ0n) is 13.0. The van der Waals surface area contributed by atoms with E-state index in [1.54, 1.807) is 0 Å². The second-order valence-electron chi connectivity index (χ2n) is 5.55. The minimum absolute atomic E-state index is 0.00151. The maximum absolute atomic E-state index is 12.5. The minimum atomic E-state index is 0.00151. The van der Waals surface area contributed by atoms with Crippen molar-refractivity contribution in [2.45, 2.75) is 12.8 Å². The molecule has 3 heteroatoms. The standard InChI is InChI=1S/C20H19NOS/c1-15(16-8-4-2-5-9-16)14-21-20(22)19-18(12-13-23-19)17-10-6-3-7-11-17/h2-13,15H,14H2,1H3,(H,21,22). The topological polar surface area (TPSA) is 29.1 Å². The van der Waals surface area contributed by atoms with Crippen LogP contribution >= 0.6 is 11.3 Å². The van der Waals surface area contributed by atoms with Gasteiger partial charge < -0.3 is 5.32 Å². The van der Waals surface area contributed by atoms with E-state index in [1.165, 1.54) is 16.9 Å². The summed E-state index contributed by atoms with van der Waals surface area (Å²) in [4.78, 5) is 13.3. The first-order valence-corrected chi connectivity index (χ1v) is 8.59. The summed E-state index contributed by atoms with van der Waals surface area (Å²) >= 11 is 1.49. The van der Waals surface area contributed by atoms with Crippen LogP contribution in [0.5, 0.6) is 0 Å². The molecule has 23 heavy (non-hydrogen) atoms. The molecule has 1 unspecified atom stereocenters. The molecule has 116 valence electrons. The van der Waals surface area contributed by atoms with E-state index in [1.807, 2.05) is 60.0 Å². The third-order valence-electron chi connectivity index (χ3n) is 3.89. The van der Waals surface area contributed by atoms with Crippen molar-refractivity contribution in [1.29, 1.82) is 0 Å². The van der Waals surface area contributed by atoms with E-state index in [-0.39, 0.29) is 5.91 Å². The lowest BCUT2D eigenvalue weighted by Crippen LogP contribution is -2.27. The van der Waals surface area contributed by atoms with Crippen molar-refractivity contribution < 1.29 is 4.79 Å². The van der Waals surface area contributed by atoms with Crippen molar-refractivity contribution in [3.63, 3.8) is 0 Å². The number of carbonyl (C=O) groups excluding carboxylic acids is 1. The van der Waals surface area contributed by atoms with E-state index in [0.29, 0.717) is 12.5 Å². The second kappa shape index (κ2) is 7.25. The first-order valence-electron chi connectivity index (χ1n) is 7.72. The van der Waals surface area contributed by atoms with E-state index in [9.17, 15) is 4.79 Å². The first kappa shape index (κ1) is 15.5. The fourth-order valence-electron chi connectivity index (χ4n) is 2.56. The fourth-order valence-corrected chi connectivity index (χ4v) is 3.39. The summed E-state index contributed by atoms with van der Waals surface area (Å²) in [6, 6.07) is 22.3. The predicted octanol–water partition coefficient (Wildman–Crippen LogP) is 4.95. The monoisotopic (exact) mass is 321 g/mol. The van der Waals surface area contributed by atoms with Crippen LogP contribution in [-0.4, -0.2) is 12.5 Å². The van der Waals surface area contributed by atoms with Crippen LogP contribution in [0.15, 0.2) is 72.1 Å². The number of amides is 1. The molecular formula is C20H19NOS. The highest BCUT2D eigenvalue weighted by Gasteiger charge is 2.15. The Morgan fingerprint density at radius 3 is 2.35 bits per heavy atom. The molecule has 0 spiro atoms. The summed E-state index contributed by atoms with van der Waals surface area (Å²) in [5.74, 6) is 0.293. The van der Waals surface area contributed by atoms with Crippen LogP contribution in [0.3, 0.4) is 0 Å². The van der Waals surface area contributed by atoms with Crippen LogP contribution in [0.1, 0.15) is 28.1 Å². The predicted molar refractivity (Wildman–Crippen MR) is 96.9 cm³/mol. The van der Waals surface area contributed by atoms with Gasteiger partial charge in [0.2, 0.25) is 0 Å². The number of benzene rings is 2. The Balaban J connectivity index is 1.69. The SMILES string of the molecule is CC(CNC(=O)c1sccc1-c1ccccc1)c1ccccc1. The third-order valence-corrected chi connectivity index (χ3v) is 4.81. The molecule has 1 amide bonds. The summed E-state index contributed by atoms with van der Waals surface area (Å²) in [6.07, 6.45) is 0. The van der Waals surface area contributed by atoms with Crippen molar-refractivity contribution in [3.05, 3.63) is 82.6 Å². The molecule has 0 saturated heterocycles. The summed E-state index contributed by atoms with van der Waals surface area (Å²) in [6.45, 7) is 2.76. The van der Waals surface area contributed by atoms with Gasteiger partial charge in [-0.3, -0.25) is 4.79 Å². The Kier molecular flexibility index (Phi) is 4.89.